The summed E-state index contributed by atoms with van der Waals surface area (Å²) in [6.45, 7) is 3.52. The van der Waals surface area contributed by atoms with E-state index in [4.69, 9.17) is 0 Å². The van der Waals surface area contributed by atoms with Crippen LogP contribution >= 0.6 is 22.6 Å². The van der Waals surface area contributed by atoms with Crippen molar-refractivity contribution in [2.45, 2.75) is 19.8 Å². The van der Waals surface area contributed by atoms with Crippen molar-refractivity contribution in [3.63, 3.8) is 0 Å². The first-order valence-corrected chi connectivity index (χ1v) is 7.01. The quantitative estimate of drug-likeness (QED) is 0.757. The molecule has 0 fully saturated rings. The van der Waals surface area contributed by atoms with Gasteiger partial charge in [0.2, 0.25) is 0 Å². The van der Waals surface area contributed by atoms with Crippen molar-refractivity contribution in [2.24, 2.45) is 0 Å². The van der Waals surface area contributed by atoms with Crippen molar-refractivity contribution in [1.82, 2.24) is 5.32 Å². The van der Waals surface area contributed by atoms with E-state index in [-0.39, 0.29) is 0 Å². The number of allylic oxidation sites excluding steroid dienone is 4. The maximum absolute atomic E-state index is 14.1. The summed E-state index contributed by atoms with van der Waals surface area (Å²) in [5.41, 5.74) is 2.45. The van der Waals surface area contributed by atoms with Crippen LogP contribution in [0.2, 0.25) is 0 Å². The lowest BCUT2D eigenvalue weighted by atomic mass is 9.81. The van der Waals surface area contributed by atoms with Gasteiger partial charge in [-0.1, -0.05) is 0 Å². The third-order valence-electron chi connectivity index (χ3n) is 3.27. The Morgan fingerprint density at radius 1 is 1.15 bits per heavy atom. The molecule has 0 spiro atoms. The van der Waals surface area contributed by atoms with Crippen LogP contribution < -0.4 is 5.32 Å². The van der Waals surface area contributed by atoms with Gasteiger partial charge in [0, 0.05) is 20.5 Å². The molecule has 0 radical (unpaired) electrons. The molecule has 1 N–H and O–H groups in total. The minimum atomic E-state index is -0.638. The first-order valence-electron chi connectivity index (χ1n) is 5.93. The van der Waals surface area contributed by atoms with Crippen LogP contribution in [0.15, 0.2) is 40.7 Å². The molecule has 1 aromatic rings. The number of halogens is 2. The fourth-order valence-electron chi connectivity index (χ4n) is 2.34. The van der Waals surface area contributed by atoms with Crippen molar-refractivity contribution in [1.29, 1.82) is 10.5 Å². The lowest BCUT2D eigenvalue weighted by Gasteiger charge is -2.26. The van der Waals surface area contributed by atoms with E-state index in [1.165, 1.54) is 6.07 Å². The van der Waals surface area contributed by atoms with E-state index in [0.29, 0.717) is 28.1 Å². The molecule has 0 saturated heterocycles. The Hall–Kier alpha value is -1.86. The molecule has 0 saturated carbocycles. The maximum Gasteiger partial charge on any atom is 0.127 e. The SMILES string of the molecule is CC1=C(C#N)C(c2cc(I)ccc2F)C(C#N)=C(C)N1. The average molecular weight is 379 g/mol. The number of benzene rings is 1. The fraction of sp³-hybridized carbons (Fsp3) is 0.200. The van der Waals surface area contributed by atoms with Gasteiger partial charge in [0.05, 0.1) is 29.2 Å². The van der Waals surface area contributed by atoms with Gasteiger partial charge in [-0.25, -0.2) is 4.39 Å². The highest BCUT2D eigenvalue weighted by molar-refractivity contribution is 14.1. The van der Waals surface area contributed by atoms with E-state index in [9.17, 15) is 14.9 Å². The molecule has 100 valence electrons. The second-order valence-electron chi connectivity index (χ2n) is 4.52. The monoisotopic (exact) mass is 379 g/mol. The van der Waals surface area contributed by atoms with Gasteiger partial charge >= 0.3 is 0 Å². The van der Waals surface area contributed by atoms with E-state index in [1.54, 1.807) is 26.0 Å². The Morgan fingerprint density at radius 3 is 2.20 bits per heavy atom. The minimum Gasteiger partial charge on any atom is -0.361 e. The molecule has 0 aromatic heterocycles. The lowest BCUT2D eigenvalue weighted by Crippen LogP contribution is -2.24. The van der Waals surface area contributed by atoms with Gasteiger partial charge in [0.1, 0.15) is 5.82 Å². The van der Waals surface area contributed by atoms with E-state index < -0.39 is 11.7 Å². The lowest BCUT2D eigenvalue weighted by molar-refractivity contribution is 0.603. The van der Waals surface area contributed by atoms with Crippen LogP contribution in [0, 0.1) is 32.0 Å². The number of dihydropyridines is 1. The molecule has 2 rings (SSSR count). The van der Waals surface area contributed by atoms with Crippen LogP contribution in [0.5, 0.6) is 0 Å². The molecule has 20 heavy (non-hydrogen) atoms. The topological polar surface area (TPSA) is 59.6 Å². The predicted molar refractivity (Wildman–Crippen MR) is 81.6 cm³/mol. The summed E-state index contributed by atoms with van der Waals surface area (Å²) in [5, 5.41) is 21.7. The number of nitriles is 2. The maximum atomic E-state index is 14.1. The summed E-state index contributed by atoms with van der Waals surface area (Å²) in [7, 11) is 0. The third kappa shape index (κ3) is 2.41. The smallest absolute Gasteiger partial charge is 0.127 e. The summed E-state index contributed by atoms with van der Waals surface area (Å²) in [5.74, 6) is -1.04. The highest BCUT2D eigenvalue weighted by Crippen LogP contribution is 2.38. The number of hydrogen-bond donors (Lipinski definition) is 1. The van der Waals surface area contributed by atoms with Crippen LogP contribution in [-0.2, 0) is 0 Å². The Balaban J connectivity index is 2.72. The Bertz CT molecular complexity index is 684. The first-order chi connectivity index (χ1) is 9.49. The fourth-order valence-corrected chi connectivity index (χ4v) is 2.85. The van der Waals surface area contributed by atoms with Crippen LogP contribution in [0.4, 0.5) is 4.39 Å². The van der Waals surface area contributed by atoms with E-state index in [1.807, 2.05) is 0 Å². The molecule has 0 bridgehead atoms. The number of nitrogens with one attached hydrogen (secondary N) is 1. The molecule has 1 aliphatic rings. The molecule has 1 heterocycles. The molecule has 0 amide bonds. The Morgan fingerprint density at radius 2 is 1.70 bits per heavy atom. The first kappa shape index (κ1) is 14.5. The Labute approximate surface area is 130 Å². The van der Waals surface area contributed by atoms with Crippen molar-refractivity contribution < 1.29 is 4.39 Å². The van der Waals surface area contributed by atoms with E-state index in [0.717, 1.165) is 3.57 Å². The van der Waals surface area contributed by atoms with Crippen molar-refractivity contribution in [3.05, 3.63) is 55.7 Å². The normalized spacial score (nSPS) is 15.7. The standard InChI is InChI=1S/C15H11FIN3/c1-8-12(6-18)15(13(7-19)9(2)20-8)11-5-10(17)3-4-14(11)16/h3-5,15,20H,1-2H3. The zero-order valence-corrected chi connectivity index (χ0v) is 13.1. The van der Waals surface area contributed by atoms with Crippen LogP contribution in [-0.4, -0.2) is 0 Å². The predicted octanol–water partition coefficient (Wildman–Crippen LogP) is 3.71. The zero-order valence-electron chi connectivity index (χ0n) is 11.0. The second kappa shape index (κ2) is 5.64. The molecule has 0 unspecified atom stereocenters. The van der Waals surface area contributed by atoms with Crippen molar-refractivity contribution in [2.75, 3.05) is 0 Å². The Kier molecular flexibility index (Phi) is 4.10. The average Bonchev–Trinajstić information content (AvgIpc) is 2.41. The third-order valence-corrected chi connectivity index (χ3v) is 3.94. The van der Waals surface area contributed by atoms with Crippen molar-refractivity contribution >= 4 is 22.6 Å². The summed E-state index contributed by atoms with van der Waals surface area (Å²) < 4.78 is 15.0. The molecule has 5 heteroatoms. The molecule has 0 atom stereocenters. The summed E-state index contributed by atoms with van der Waals surface area (Å²) >= 11 is 2.09. The van der Waals surface area contributed by atoms with E-state index >= 15 is 0 Å². The largest absolute Gasteiger partial charge is 0.361 e. The number of nitrogens with zero attached hydrogens (tertiary/aromatic N) is 2. The van der Waals surface area contributed by atoms with Crippen LogP contribution in [0.1, 0.15) is 25.3 Å². The number of rotatable bonds is 1. The summed E-state index contributed by atoms with van der Waals surface area (Å²) in [4.78, 5) is 0. The van der Waals surface area contributed by atoms with Gasteiger partial charge in [-0.05, 0) is 54.6 Å². The van der Waals surface area contributed by atoms with Crippen LogP contribution in [0.25, 0.3) is 0 Å². The summed E-state index contributed by atoms with van der Waals surface area (Å²) in [6.07, 6.45) is 0. The van der Waals surface area contributed by atoms with Gasteiger partial charge in [-0.2, -0.15) is 10.5 Å². The molecular weight excluding hydrogens is 368 g/mol. The van der Waals surface area contributed by atoms with Gasteiger partial charge in [0.15, 0.2) is 0 Å². The molecule has 0 aliphatic carbocycles. The highest BCUT2D eigenvalue weighted by atomic mass is 127. The van der Waals surface area contributed by atoms with E-state index in [2.05, 4.69) is 40.0 Å². The van der Waals surface area contributed by atoms with Crippen LogP contribution in [0.3, 0.4) is 0 Å². The number of hydrogen-bond acceptors (Lipinski definition) is 3. The molecular formula is C15H11FIN3. The summed E-state index contributed by atoms with van der Waals surface area (Å²) in [6, 6.07) is 8.90. The zero-order chi connectivity index (χ0) is 14.9. The second-order valence-corrected chi connectivity index (χ2v) is 5.77. The molecule has 1 aliphatic heterocycles. The van der Waals surface area contributed by atoms with Gasteiger partial charge in [0.25, 0.3) is 0 Å². The highest BCUT2D eigenvalue weighted by Gasteiger charge is 2.31. The van der Waals surface area contributed by atoms with Gasteiger partial charge < -0.3 is 5.32 Å². The van der Waals surface area contributed by atoms with Gasteiger partial charge in [-0.3, -0.25) is 0 Å². The molecule has 1 aromatic carbocycles. The van der Waals surface area contributed by atoms with Gasteiger partial charge in [-0.15, -0.1) is 0 Å². The molecule has 3 nitrogen and oxygen atoms in total. The minimum absolute atomic E-state index is 0.366. The van der Waals surface area contributed by atoms with Crippen molar-refractivity contribution in [3.8, 4) is 12.1 Å².